The molecular formula is C28H32ClFN4O2. The van der Waals surface area contributed by atoms with Gasteiger partial charge in [-0.1, -0.05) is 29.8 Å². The van der Waals surface area contributed by atoms with Gasteiger partial charge in [-0.25, -0.2) is 14.4 Å². The predicted molar refractivity (Wildman–Crippen MR) is 138 cm³/mol. The molecule has 36 heavy (non-hydrogen) atoms. The summed E-state index contributed by atoms with van der Waals surface area (Å²) in [5, 5.41) is 0.372. The first-order valence-electron chi connectivity index (χ1n) is 12.6. The first-order valence-corrected chi connectivity index (χ1v) is 13.0. The Morgan fingerprint density at radius 2 is 2.03 bits per heavy atom. The van der Waals surface area contributed by atoms with Crippen molar-refractivity contribution < 1.29 is 13.9 Å². The largest absolute Gasteiger partial charge is 0.473 e. The third-order valence-corrected chi connectivity index (χ3v) is 7.30. The molecule has 4 heterocycles. The highest BCUT2D eigenvalue weighted by Gasteiger charge is 2.25. The normalized spacial score (nSPS) is 18.7. The van der Waals surface area contributed by atoms with E-state index in [1.54, 1.807) is 12.1 Å². The average molecular weight is 511 g/mol. The fraction of sp³-hybridized carbons (Fsp3) is 0.429. The van der Waals surface area contributed by atoms with Gasteiger partial charge in [-0.05, 0) is 50.6 Å². The number of halogens is 2. The van der Waals surface area contributed by atoms with Crippen LogP contribution in [-0.2, 0) is 30.9 Å². The molecule has 190 valence electrons. The van der Waals surface area contributed by atoms with Crippen LogP contribution in [0.25, 0.3) is 0 Å². The molecule has 5 rings (SSSR count). The van der Waals surface area contributed by atoms with E-state index in [4.69, 9.17) is 31.0 Å². The first kappa shape index (κ1) is 24.9. The zero-order chi connectivity index (χ0) is 24.9. The highest BCUT2D eigenvalue weighted by Crippen LogP contribution is 2.29. The van der Waals surface area contributed by atoms with Crippen molar-refractivity contribution in [1.29, 1.82) is 0 Å². The van der Waals surface area contributed by atoms with Crippen LogP contribution in [0.5, 0.6) is 5.88 Å². The van der Waals surface area contributed by atoms with Crippen LogP contribution in [0, 0.1) is 5.82 Å². The van der Waals surface area contributed by atoms with E-state index in [1.807, 2.05) is 24.4 Å². The summed E-state index contributed by atoms with van der Waals surface area (Å²) in [5.74, 6) is 1.61. The Morgan fingerprint density at radius 3 is 2.75 bits per heavy atom. The molecule has 2 fully saturated rings. The van der Waals surface area contributed by atoms with Gasteiger partial charge in [-0.3, -0.25) is 4.90 Å². The van der Waals surface area contributed by atoms with Crippen molar-refractivity contribution in [3.05, 3.63) is 88.9 Å². The monoisotopic (exact) mass is 510 g/mol. The van der Waals surface area contributed by atoms with Crippen LogP contribution in [0.2, 0.25) is 5.02 Å². The maximum absolute atomic E-state index is 14.1. The number of aromatic nitrogens is 3. The number of hydrogen-bond donors (Lipinski definition) is 0. The van der Waals surface area contributed by atoms with Crippen LogP contribution in [-0.4, -0.2) is 45.2 Å². The van der Waals surface area contributed by atoms with E-state index in [2.05, 4.69) is 22.1 Å². The lowest BCUT2D eigenvalue weighted by atomic mass is 9.93. The van der Waals surface area contributed by atoms with Crippen molar-refractivity contribution in [2.45, 2.75) is 57.4 Å². The number of rotatable bonds is 10. The molecule has 0 aliphatic carbocycles. The first-order chi connectivity index (χ1) is 17.6. The Labute approximate surface area is 216 Å². The lowest BCUT2D eigenvalue weighted by molar-refractivity contribution is -0.0601. The number of piperidine rings is 1. The molecule has 2 saturated heterocycles. The van der Waals surface area contributed by atoms with Crippen molar-refractivity contribution in [3.63, 3.8) is 0 Å². The van der Waals surface area contributed by atoms with Crippen molar-refractivity contribution in [3.8, 4) is 5.88 Å². The minimum Gasteiger partial charge on any atom is -0.473 e. The number of allylic oxidation sites excluding steroid dienone is 1. The van der Waals surface area contributed by atoms with Crippen LogP contribution in [0.15, 0.2) is 55.3 Å². The number of nitrogens with zero attached hydrogens (tertiary/aromatic N) is 4. The second kappa shape index (κ2) is 11.5. The Morgan fingerprint density at radius 1 is 1.19 bits per heavy atom. The quantitative estimate of drug-likeness (QED) is 0.335. The van der Waals surface area contributed by atoms with E-state index in [-0.39, 0.29) is 12.4 Å². The molecule has 1 aromatic carbocycles. The molecule has 3 aromatic rings. The fourth-order valence-corrected chi connectivity index (χ4v) is 5.02. The summed E-state index contributed by atoms with van der Waals surface area (Å²) in [7, 11) is 0. The van der Waals surface area contributed by atoms with Gasteiger partial charge in [0.15, 0.2) is 0 Å². The van der Waals surface area contributed by atoms with Gasteiger partial charge in [0.25, 0.3) is 0 Å². The Bertz CT molecular complexity index is 1190. The van der Waals surface area contributed by atoms with Crippen LogP contribution < -0.4 is 4.74 Å². The topological polar surface area (TPSA) is 52.4 Å². The number of benzene rings is 1. The van der Waals surface area contributed by atoms with E-state index < -0.39 is 0 Å². The number of ether oxygens (including phenoxy) is 2. The van der Waals surface area contributed by atoms with Gasteiger partial charge < -0.3 is 14.0 Å². The molecule has 0 N–H and O–H groups in total. The minimum absolute atomic E-state index is 0.115. The van der Waals surface area contributed by atoms with E-state index in [0.29, 0.717) is 28.5 Å². The molecule has 0 saturated carbocycles. The van der Waals surface area contributed by atoms with Gasteiger partial charge in [-0.15, -0.1) is 6.58 Å². The Kier molecular flexibility index (Phi) is 7.99. The van der Waals surface area contributed by atoms with Crippen LogP contribution in [0.1, 0.15) is 48.0 Å². The van der Waals surface area contributed by atoms with Gasteiger partial charge in [0.05, 0.1) is 19.2 Å². The van der Waals surface area contributed by atoms with E-state index in [1.165, 1.54) is 11.8 Å². The van der Waals surface area contributed by atoms with Crippen LogP contribution in [0.4, 0.5) is 4.39 Å². The third-order valence-electron chi connectivity index (χ3n) is 7.06. The van der Waals surface area contributed by atoms with E-state index in [9.17, 15) is 4.39 Å². The molecule has 8 heteroatoms. The van der Waals surface area contributed by atoms with Gasteiger partial charge in [-0.2, -0.15) is 0 Å². The van der Waals surface area contributed by atoms with Crippen LogP contribution >= 0.6 is 11.6 Å². The van der Waals surface area contributed by atoms with Crippen LogP contribution in [0.3, 0.4) is 0 Å². The summed E-state index contributed by atoms with van der Waals surface area (Å²) < 4.78 is 27.9. The summed E-state index contributed by atoms with van der Waals surface area (Å²) >= 11 is 5.84. The second-order valence-corrected chi connectivity index (χ2v) is 9.96. The smallest absolute Gasteiger partial charge is 0.213 e. The molecule has 1 atom stereocenters. The second-order valence-electron chi connectivity index (χ2n) is 9.53. The van der Waals surface area contributed by atoms with Crippen molar-refractivity contribution in [1.82, 2.24) is 19.4 Å². The molecule has 0 spiro atoms. The summed E-state index contributed by atoms with van der Waals surface area (Å²) in [6.45, 7) is 8.53. The number of likely N-dealkylation sites (tertiary alicyclic amines) is 1. The summed E-state index contributed by atoms with van der Waals surface area (Å²) in [4.78, 5) is 11.9. The van der Waals surface area contributed by atoms with Crippen molar-refractivity contribution in [2.24, 2.45) is 0 Å². The highest BCUT2D eigenvalue weighted by molar-refractivity contribution is 6.30. The van der Waals surface area contributed by atoms with E-state index >= 15 is 0 Å². The summed E-state index contributed by atoms with van der Waals surface area (Å²) in [5.41, 5.74) is 2.68. The van der Waals surface area contributed by atoms with Gasteiger partial charge in [0, 0.05) is 53.2 Å². The minimum atomic E-state index is -0.372. The zero-order valence-corrected chi connectivity index (χ0v) is 21.2. The molecule has 6 nitrogen and oxygen atoms in total. The third kappa shape index (κ3) is 5.97. The van der Waals surface area contributed by atoms with Gasteiger partial charge >= 0.3 is 0 Å². The molecule has 0 bridgehead atoms. The summed E-state index contributed by atoms with van der Waals surface area (Å²) in [6, 6.07) is 10.4. The standard InChI is InChI=1S/C28H32ClFN4O2/c1-2-4-23-16-31-27(34(23)17-24-11-14-35-24)18-33-12-9-20(10-13-33)26-5-3-6-28(32-26)36-19-21-7-8-22(29)15-25(21)30/h2-3,5-8,15-16,20,24H,1,4,9-14,17-19H2. The van der Waals surface area contributed by atoms with Crippen molar-refractivity contribution >= 4 is 11.6 Å². The lowest BCUT2D eigenvalue weighted by Crippen LogP contribution is -2.35. The van der Waals surface area contributed by atoms with Crippen molar-refractivity contribution in [2.75, 3.05) is 19.7 Å². The molecule has 1 unspecified atom stereocenters. The number of pyridine rings is 1. The lowest BCUT2D eigenvalue weighted by Gasteiger charge is -2.32. The average Bonchev–Trinajstić information content (AvgIpc) is 3.22. The highest BCUT2D eigenvalue weighted by atomic mass is 35.5. The maximum Gasteiger partial charge on any atom is 0.213 e. The zero-order valence-electron chi connectivity index (χ0n) is 20.4. The molecule has 2 aliphatic rings. The Hall–Kier alpha value is -2.74. The molecule has 0 radical (unpaired) electrons. The van der Waals surface area contributed by atoms with Gasteiger partial charge in [0.2, 0.25) is 5.88 Å². The molecular weight excluding hydrogens is 479 g/mol. The molecule has 2 aromatic heterocycles. The van der Waals surface area contributed by atoms with Gasteiger partial charge in [0.1, 0.15) is 18.2 Å². The summed E-state index contributed by atoms with van der Waals surface area (Å²) in [6.07, 6.45) is 8.18. The maximum atomic E-state index is 14.1. The van der Waals surface area contributed by atoms with E-state index in [0.717, 1.165) is 70.0 Å². The molecule has 2 aliphatic heterocycles. The number of hydrogen-bond acceptors (Lipinski definition) is 5. The Balaban J connectivity index is 1.17. The fourth-order valence-electron chi connectivity index (χ4n) is 4.86. The SMILES string of the molecule is C=CCc1cnc(CN2CCC(c3cccc(OCc4ccc(Cl)cc4F)n3)CC2)n1CC1CCO1. The predicted octanol–water partition coefficient (Wildman–Crippen LogP) is 5.55. The number of imidazole rings is 1. The molecule has 0 amide bonds.